The van der Waals surface area contributed by atoms with Gasteiger partial charge in [0.25, 0.3) is 0 Å². The predicted molar refractivity (Wildman–Crippen MR) is 105 cm³/mol. The number of hydrogen-bond acceptors (Lipinski definition) is 2. The number of likely N-dealkylation sites (tertiary alicyclic amines) is 1. The Balaban J connectivity index is 1.32. The van der Waals surface area contributed by atoms with Gasteiger partial charge in [0.15, 0.2) is 0 Å². The van der Waals surface area contributed by atoms with E-state index in [1.807, 2.05) is 28.8 Å². The number of piperidine rings is 1. The number of H-pyrrole nitrogens is 1. The van der Waals surface area contributed by atoms with Crippen molar-refractivity contribution in [2.75, 3.05) is 19.6 Å². The molecule has 2 aromatic carbocycles. The number of aromatic amines is 1. The zero-order valence-corrected chi connectivity index (χ0v) is 15.1. The van der Waals surface area contributed by atoms with Crippen molar-refractivity contribution >= 4 is 11.0 Å². The van der Waals surface area contributed by atoms with E-state index in [0.717, 1.165) is 55.5 Å². The summed E-state index contributed by atoms with van der Waals surface area (Å²) in [7, 11) is 0. The number of nitrogens with one attached hydrogen (secondary N) is 1. The molecule has 0 unspecified atom stereocenters. The summed E-state index contributed by atoms with van der Waals surface area (Å²) < 4.78 is 14.8. The largest absolute Gasteiger partial charge is 0.326 e. The molecule has 2 heterocycles. The Morgan fingerprint density at radius 1 is 1.07 bits per heavy atom. The molecule has 0 atom stereocenters. The van der Waals surface area contributed by atoms with E-state index < -0.39 is 0 Å². The summed E-state index contributed by atoms with van der Waals surface area (Å²) in [5.41, 5.74) is 2.72. The van der Waals surface area contributed by atoms with Crippen LogP contribution in [0.5, 0.6) is 0 Å². The molecule has 0 spiro atoms. The van der Waals surface area contributed by atoms with Crippen LogP contribution in [-0.4, -0.2) is 34.1 Å². The van der Waals surface area contributed by atoms with Crippen LogP contribution in [0.15, 0.2) is 53.3 Å². The Morgan fingerprint density at radius 2 is 1.81 bits per heavy atom. The SMILES string of the molecule is O=c1[nH]c2ccccc2n1C1CCN(CCC#Cc2ccc(F)cc2)CC1. The second kappa shape index (κ2) is 7.81. The number of rotatable bonds is 3. The Labute approximate surface area is 157 Å². The molecule has 1 aromatic heterocycles. The third-order valence-corrected chi connectivity index (χ3v) is 5.18. The lowest BCUT2D eigenvalue weighted by Gasteiger charge is -2.32. The predicted octanol–water partition coefficient (Wildman–Crippen LogP) is 3.55. The molecule has 1 fully saturated rings. The number of aromatic nitrogens is 2. The lowest BCUT2D eigenvalue weighted by Crippen LogP contribution is -2.37. The van der Waals surface area contributed by atoms with Crippen molar-refractivity contribution in [2.24, 2.45) is 0 Å². The molecule has 0 radical (unpaired) electrons. The maximum Gasteiger partial charge on any atom is 0.326 e. The van der Waals surface area contributed by atoms with Gasteiger partial charge in [0.05, 0.1) is 11.0 Å². The first-order valence-electron chi connectivity index (χ1n) is 9.37. The number of fused-ring (bicyclic) bond motifs is 1. The standard InChI is InChI=1S/C22H22FN3O/c23-18-10-8-17(9-11-18)5-3-4-14-25-15-12-19(13-16-25)26-21-7-2-1-6-20(21)24-22(26)27/h1-2,6-11,19H,4,12-16H2,(H,24,27). The average Bonchev–Trinajstić information content (AvgIpc) is 3.03. The van der Waals surface area contributed by atoms with Crippen LogP contribution in [0.3, 0.4) is 0 Å². The summed E-state index contributed by atoms with van der Waals surface area (Å²) in [5.74, 6) is 6.01. The summed E-state index contributed by atoms with van der Waals surface area (Å²) >= 11 is 0. The van der Waals surface area contributed by atoms with Crippen molar-refractivity contribution in [1.29, 1.82) is 0 Å². The van der Waals surface area contributed by atoms with Gasteiger partial charge >= 0.3 is 5.69 Å². The minimum Gasteiger partial charge on any atom is -0.306 e. The first-order chi connectivity index (χ1) is 13.2. The zero-order valence-electron chi connectivity index (χ0n) is 15.1. The van der Waals surface area contributed by atoms with Gasteiger partial charge in [0, 0.05) is 37.7 Å². The maximum absolute atomic E-state index is 12.9. The number of nitrogens with zero attached hydrogens (tertiary/aromatic N) is 2. The molecule has 4 nitrogen and oxygen atoms in total. The van der Waals surface area contributed by atoms with Crippen LogP contribution in [0.25, 0.3) is 11.0 Å². The molecular weight excluding hydrogens is 341 g/mol. The highest BCUT2D eigenvalue weighted by molar-refractivity contribution is 5.75. The van der Waals surface area contributed by atoms with E-state index >= 15 is 0 Å². The molecule has 1 aliphatic rings. The lowest BCUT2D eigenvalue weighted by molar-refractivity contribution is 0.190. The molecule has 0 aliphatic carbocycles. The van der Waals surface area contributed by atoms with Gasteiger partial charge in [-0.3, -0.25) is 4.57 Å². The van der Waals surface area contributed by atoms with Crippen molar-refractivity contribution < 1.29 is 4.39 Å². The van der Waals surface area contributed by atoms with E-state index in [9.17, 15) is 9.18 Å². The fraction of sp³-hybridized carbons (Fsp3) is 0.318. The van der Waals surface area contributed by atoms with Gasteiger partial charge in [-0.2, -0.15) is 0 Å². The highest BCUT2D eigenvalue weighted by atomic mass is 19.1. The van der Waals surface area contributed by atoms with Crippen LogP contribution < -0.4 is 5.69 Å². The highest BCUT2D eigenvalue weighted by Crippen LogP contribution is 2.24. The Morgan fingerprint density at radius 3 is 2.59 bits per heavy atom. The van der Waals surface area contributed by atoms with E-state index in [1.165, 1.54) is 12.1 Å². The molecule has 27 heavy (non-hydrogen) atoms. The molecule has 1 aliphatic heterocycles. The van der Waals surface area contributed by atoms with E-state index in [0.29, 0.717) is 0 Å². The Bertz CT molecular complexity index is 1030. The number of para-hydroxylation sites is 2. The van der Waals surface area contributed by atoms with E-state index in [-0.39, 0.29) is 17.5 Å². The van der Waals surface area contributed by atoms with Crippen LogP contribution in [0.1, 0.15) is 30.9 Å². The Hall–Kier alpha value is -2.84. The van der Waals surface area contributed by atoms with Crippen LogP contribution >= 0.6 is 0 Å². The molecule has 0 bridgehead atoms. The van der Waals surface area contributed by atoms with Crippen molar-refractivity contribution in [3.8, 4) is 11.8 Å². The first-order valence-corrected chi connectivity index (χ1v) is 9.37. The lowest BCUT2D eigenvalue weighted by atomic mass is 10.0. The fourth-order valence-electron chi connectivity index (χ4n) is 3.75. The number of benzene rings is 2. The van der Waals surface area contributed by atoms with E-state index in [2.05, 4.69) is 21.7 Å². The minimum atomic E-state index is -0.238. The smallest absolute Gasteiger partial charge is 0.306 e. The summed E-state index contributed by atoms with van der Waals surface area (Å²) in [6, 6.07) is 14.4. The van der Waals surface area contributed by atoms with Gasteiger partial charge in [0.2, 0.25) is 0 Å². The van der Waals surface area contributed by atoms with Crippen molar-refractivity contribution in [2.45, 2.75) is 25.3 Å². The van der Waals surface area contributed by atoms with Crippen LogP contribution in [0.4, 0.5) is 4.39 Å². The topological polar surface area (TPSA) is 41.0 Å². The minimum absolute atomic E-state index is 0.0141. The summed E-state index contributed by atoms with van der Waals surface area (Å²) in [6.45, 7) is 2.85. The van der Waals surface area contributed by atoms with E-state index in [4.69, 9.17) is 0 Å². The van der Waals surface area contributed by atoms with Gasteiger partial charge in [0.1, 0.15) is 5.82 Å². The van der Waals surface area contributed by atoms with Gasteiger partial charge in [-0.15, -0.1) is 0 Å². The third-order valence-electron chi connectivity index (χ3n) is 5.18. The molecule has 1 saturated heterocycles. The molecule has 5 heteroatoms. The number of imidazole rings is 1. The fourth-order valence-corrected chi connectivity index (χ4v) is 3.75. The Kier molecular flexibility index (Phi) is 5.08. The summed E-state index contributed by atoms with van der Waals surface area (Å²) in [6.07, 6.45) is 2.72. The van der Waals surface area contributed by atoms with Crippen molar-refractivity contribution in [3.05, 3.63) is 70.4 Å². The van der Waals surface area contributed by atoms with Crippen LogP contribution in [-0.2, 0) is 0 Å². The molecule has 4 rings (SSSR count). The highest BCUT2D eigenvalue weighted by Gasteiger charge is 2.23. The van der Waals surface area contributed by atoms with Crippen molar-refractivity contribution in [3.63, 3.8) is 0 Å². The third kappa shape index (κ3) is 3.96. The number of halogens is 1. The zero-order chi connectivity index (χ0) is 18.6. The molecule has 0 saturated carbocycles. The molecule has 1 N–H and O–H groups in total. The number of hydrogen-bond donors (Lipinski definition) is 1. The van der Waals surface area contributed by atoms with Gasteiger partial charge in [-0.05, 0) is 49.2 Å². The maximum atomic E-state index is 12.9. The van der Waals surface area contributed by atoms with E-state index in [1.54, 1.807) is 12.1 Å². The second-order valence-electron chi connectivity index (χ2n) is 6.95. The second-order valence-corrected chi connectivity index (χ2v) is 6.95. The summed E-state index contributed by atoms with van der Waals surface area (Å²) in [4.78, 5) is 17.7. The van der Waals surface area contributed by atoms with Gasteiger partial charge < -0.3 is 9.88 Å². The monoisotopic (exact) mass is 363 g/mol. The average molecular weight is 363 g/mol. The van der Waals surface area contributed by atoms with Crippen LogP contribution in [0, 0.1) is 17.7 Å². The molecule has 0 amide bonds. The van der Waals surface area contributed by atoms with Crippen LogP contribution in [0.2, 0.25) is 0 Å². The van der Waals surface area contributed by atoms with Gasteiger partial charge in [-0.1, -0.05) is 24.0 Å². The van der Waals surface area contributed by atoms with Crippen molar-refractivity contribution in [1.82, 2.24) is 14.5 Å². The molecule has 3 aromatic rings. The normalized spacial score (nSPS) is 15.6. The quantitative estimate of drug-likeness (QED) is 0.723. The molecule has 138 valence electrons. The van der Waals surface area contributed by atoms with Gasteiger partial charge in [-0.25, -0.2) is 9.18 Å². The summed E-state index contributed by atoms with van der Waals surface area (Å²) in [5, 5.41) is 0. The molecular formula is C22H22FN3O. The first kappa shape index (κ1) is 17.6.